The van der Waals surface area contributed by atoms with Crippen molar-refractivity contribution in [2.24, 2.45) is 0 Å². The molecule has 0 saturated carbocycles. The van der Waals surface area contributed by atoms with Gasteiger partial charge in [-0.1, -0.05) is 38.0 Å². The number of para-hydroxylation sites is 1. The van der Waals surface area contributed by atoms with Gasteiger partial charge in [-0.05, 0) is 87.5 Å². The van der Waals surface area contributed by atoms with Gasteiger partial charge in [-0.3, -0.25) is 0 Å². The van der Waals surface area contributed by atoms with Crippen LogP contribution in [0.4, 0.5) is 0 Å². The van der Waals surface area contributed by atoms with Crippen LogP contribution in [0.3, 0.4) is 0 Å². The molecule has 0 spiro atoms. The van der Waals surface area contributed by atoms with Crippen molar-refractivity contribution in [1.29, 1.82) is 0 Å². The van der Waals surface area contributed by atoms with Crippen molar-refractivity contribution in [2.75, 3.05) is 32.8 Å². The summed E-state index contributed by atoms with van der Waals surface area (Å²) < 4.78 is 5.84. The highest BCUT2D eigenvalue weighted by Crippen LogP contribution is 2.33. The highest BCUT2D eigenvalue weighted by molar-refractivity contribution is 6.17. The largest absolute Gasteiger partial charge is 0.504 e. The summed E-state index contributed by atoms with van der Waals surface area (Å²) in [7, 11) is 0. The zero-order valence-corrected chi connectivity index (χ0v) is 23.8. The number of nitrogens with one attached hydrogen (secondary N) is 1. The Balaban J connectivity index is 0.00000324. The van der Waals surface area contributed by atoms with E-state index in [1.807, 2.05) is 24.3 Å². The van der Waals surface area contributed by atoms with E-state index in [9.17, 15) is 10.2 Å². The number of aryl methyl sites for hydroxylation is 1. The lowest BCUT2D eigenvalue weighted by atomic mass is 9.87. The molecule has 0 aliphatic heterocycles. The molecule has 0 saturated heterocycles. The molecule has 204 valence electrons. The molecule has 0 heterocycles. The van der Waals surface area contributed by atoms with Gasteiger partial charge in [0.2, 0.25) is 0 Å². The van der Waals surface area contributed by atoms with E-state index in [4.69, 9.17) is 16.3 Å². The standard InChI is InChI=1S/C28H41ClN2O3.2ClH/c1-2-15-31(25-12-11-22-19-26(32)27(33)20-24(22)18-25)16-8-4-3-7-13-30-14-17-34-28-10-6-5-9-23(28)21-29;;/h5-6,9-10,19-20,25,30,32-33H,2-4,7-8,11-18,21H2,1H3;2*1H/t25-;;/m1../s1. The smallest absolute Gasteiger partial charge is 0.157 e. The molecule has 5 nitrogen and oxygen atoms in total. The van der Waals surface area contributed by atoms with Crippen molar-refractivity contribution in [2.45, 2.75) is 70.2 Å². The number of rotatable bonds is 15. The Labute approximate surface area is 234 Å². The van der Waals surface area contributed by atoms with E-state index in [0.717, 1.165) is 63.2 Å². The van der Waals surface area contributed by atoms with Gasteiger partial charge >= 0.3 is 0 Å². The van der Waals surface area contributed by atoms with Gasteiger partial charge in [-0.2, -0.15) is 0 Å². The molecule has 2 aromatic carbocycles. The molecule has 1 aliphatic carbocycles. The van der Waals surface area contributed by atoms with E-state index >= 15 is 0 Å². The van der Waals surface area contributed by atoms with Crippen LogP contribution in [0.5, 0.6) is 17.2 Å². The van der Waals surface area contributed by atoms with Crippen molar-refractivity contribution in [3.63, 3.8) is 0 Å². The zero-order chi connectivity index (χ0) is 24.2. The normalized spacial score (nSPS) is 14.6. The number of hydrogen-bond donors (Lipinski definition) is 3. The minimum absolute atomic E-state index is 0. The van der Waals surface area contributed by atoms with Crippen molar-refractivity contribution < 1.29 is 14.9 Å². The molecule has 3 rings (SSSR count). The number of benzene rings is 2. The van der Waals surface area contributed by atoms with Crippen LogP contribution in [0.1, 0.15) is 62.1 Å². The van der Waals surface area contributed by atoms with E-state index in [-0.39, 0.29) is 36.3 Å². The van der Waals surface area contributed by atoms with Crippen LogP contribution in [0.2, 0.25) is 0 Å². The highest BCUT2D eigenvalue weighted by Gasteiger charge is 2.24. The minimum atomic E-state index is 0. The lowest BCUT2D eigenvalue weighted by molar-refractivity contribution is 0.175. The van der Waals surface area contributed by atoms with Crippen molar-refractivity contribution in [3.05, 3.63) is 53.1 Å². The summed E-state index contributed by atoms with van der Waals surface area (Å²) in [4.78, 5) is 2.64. The van der Waals surface area contributed by atoms with Crippen molar-refractivity contribution in [3.8, 4) is 17.2 Å². The number of phenolic OH excluding ortho intramolecular Hbond substituents is 2. The van der Waals surface area contributed by atoms with Crippen molar-refractivity contribution >= 4 is 36.4 Å². The minimum Gasteiger partial charge on any atom is -0.504 e. The molecular weight excluding hydrogens is 519 g/mol. The third-order valence-electron chi connectivity index (χ3n) is 6.73. The molecular formula is C28H43Cl3N2O3. The first-order valence-corrected chi connectivity index (χ1v) is 13.4. The lowest BCUT2D eigenvalue weighted by Gasteiger charge is -2.35. The number of alkyl halides is 1. The SMILES string of the molecule is CCCN(CCCCCCNCCOc1ccccc1CCl)[C@@H]1CCc2cc(O)c(O)cc2C1.Cl.Cl. The monoisotopic (exact) mass is 560 g/mol. The van der Waals surface area contributed by atoms with Gasteiger partial charge in [0.1, 0.15) is 12.4 Å². The number of hydrogen-bond acceptors (Lipinski definition) is 5. The van der Waals surface area contributed by atoms with Gasteiger partial charge in [-0.15, -0.1) is 36.4 Å². The van der Waals surface area contributed by atoms with Crippen LogP contribution in [0.15, 0.2) is 36.4 Å². The quantitative estimate of drug-likeness (QED) is 0.132. The first-order chi connectivity index (χ1) is 16.6. The van der Waals surface area contributed by atoms with E-state index in [1.165, 1.54) is 36.8 Å². The second-order valence-corrected chi connectivity index (χ2v) is 9.56. The van der Waals surface area contributed by atoms with Crippen LogP contribution >= 0.6 is 36.4 Å². The molecule has 0 amide bonds. The Hall–Kier alpha value is -1.37. The molecule has 0 fully saturated rings. The first kappa shape index (κ1) is 32.7. The fourth-order valence-corrected chi connectivity index (χ4v) is 5.09. The second kappa shape index (κ2) is 18.0. The predicted molar refractivity (Wildman–Crippen MR) is 155 cm³/mol. The third kappa shape index (κ3) is 10.2. The Morgan fingerprint density at radius 2 is 1.69 bits per heavy atom. The lowest BCUT2D eigenvalue weighted by Crippen LogP contribution is -2.40. The average Bonchev–Trinajstić information content (AvgIpc) is 2.85. The maximum atomic E-state index is 9.89. The van der Waals surface area contributed by atoms with Gasteiger partial charge in [0.15, 0.2) is 11.5 Å². The topological polar surface area (TPSA) is 65.0 Å². The molecule has 2 aromatic rings. The van der Waals surface area contributed by atoms with Crippen LogP contribution in [0, 0.1) is 0 Å². The summed E-state index contributed by atoms with van der Waals surface area (Å²) in [5.74, 6) is 1.36. The van der Waals surface area contributed by atoms with Crippen LogP contribution < -0.4 is 10.1 Å². The third-order valence-corrected chi connectivity index (χ3v) is 7.02. The van der Waals surface area contributed by atoms with Gasteiger partial charge in [0.05, 0.1) is 5.88 Å². The number of nitrogens with zero attached hydrogens (tertiary/aromatic N) is 1. The van der Waals surface area contributed by atoms with E-state index in [0.29, 0.717) is 18.5 Å². The van der Waals surface area contributed by atoms with E-state index < -0.39 is 0 Å². The number of ether oxygens (including phenoxy) is 1. The maximum absolute atomic E-state index is 9.89. The summed E-state index contributed by atoms with van der Waals surface area (Å²) in [6.07, 6.45) is 9.12. The number of aromatic hydroxyl groups is 2. The number of fused-ring (bicyclic) bond motifs is 1. The summed E-state index contributed by atoms with van der Waals surface area (Å²) in [5.41, 5.74) is 3.41. The molecule has 3 N–H and O–H groups in total. The highest BCUT2D eigenvalue weighted by atomic mass is 35.5. The first-order valence-electron chi connectivity index (χ1n) is 12.9. The van der Waals surface area contributed by atoms with Crippen LogP contribution in [-0.2, 0) is 18.7 Å². The Morgan fingerprint density at radius 1 is 0.972 bits per heavy atom. The number of halogens is 3. The number of unbranched alkanes of at least 4 members (excludes halogenated alkanes) is 3. The van der Waals surface area contributed by atoms with Crippen molar-refractivity contribution in [1.82, 2.24) is 10.2 Å². The zero-order valence-electron chi connectivity index (χ0n) is 21.4. The second-order valence-electron chi connectivity index (χ2n) is 9.30. The summed E-state index contributed by atoms with van der Waals surface area (Å²) in [5, 5.41) is 23.1. The molecule has 0 unspecified atom stereocenters. The summed E-state index contributed by atoms with van der Waals surface area (Å²) >= 11 is 5.95. The average molecular weight is 562 g/mol. The fraction of sp³-hybridized carbons (Fsp3) is 0.571. The molecule has 8 heteroatoms. The Kier molecular flexibility index (Phi) is 16.3. The predicted octanol–water partition coefficient (Wildman–Crippen LogP) is 6.48. The molecule has 0 radical (unpaired) electrons. The molecule has 0 bridgehead atoms. The summed E-state index contributed by atoms with van der Waals surface area (Å²) in [6, 6.07) is 12.0. The Morgan fingerprint density at radius 3 is 2.44 bits per heavy atom. The maximum Gasteiger partial charge on any atom is 0.157 e. The summed E-state index contributed by atoms with van der Waals surface area (Å²) in [6.45, 7) is 7.03. The molecule has 36 heavy (non-hydrogen) atoms. The van der Waals surface area contributed by atoms with Gasteiger partial charge < -0.3 is 25.2 Å². The van der Waals surface area contributed by atoms with E-state index in [1.54, 1.807) is 12.1 Å². The van der Waals surface area contributed by atoms with Crippen LogP contribution in [-0.4, -0.2) is 53.9 Å². The van der Waals surface area contributed by atoms with Gasteiger partial charge in [0.25, 0.3) is 0 Å². The van der Waals surface area contributed by atoms with Crippen LogP contribution in [0.25, 0.3) is 0 Å². The van der Waals surface area contributed by atoms with Gasteiger partial charge in [-0.25, -0.2) is 0 Å². The fourth-order valence-electron chi connectivity index (χ4n) is 4.87. The number of phenols is 2. The van der Waals surface area contributed by atoms with Gasteiger partial charge in [0, 0.05) is 18.2 Å². The molecule has 1 aliphatic rings. The van der Waals surface area contributed by atoms with E-state index in [2.05, 4.69) is 17.1 Å². The Bertz CT molecular complexity index is 885. The molecule has 0 aromatic heterocycles. The molecule has 1 atom stereocenters.